The van der Waals surface area contributed by atoms with Crippen LogP contribution in [-0.2, 0) is 14.1 Å². The third-order valence-electron chi connectivity index (χ3n) is 6.16. The molecule has 0 aliphatic heterocycles. The summed E-state index contributed by atoms with van der Waals surface area (Å²) in [6.45, 7) is 7.09. The van der Waals surface area contributed by atoms with E-state index in [1.807, 2.05) is 0 Å². The minimum Gasteiger partial charge on any atom is -0.335 e. The molecule has 2 heterocycles. The number of fused-ring (bicyclic) bond motifs is 7. The summed E-state index contributed by atoms with van der Waals surface area (Å²) in [7, 11) is 2.22. The van der Waals surface area contributed by atoms with Gasteiger partial charge in [-0.1, -0.05) is 0 Å². The van der Waals surface area contributed by atoms with Crippen LogP contribution in [0, 0.1) is 75.5 Å². The molecule has 0 saturated heterocycles. The molecule has 184 valence electrons. The van der Waals surface area contributed by atoms with Crippen molar-refractivity contribution in [1.82, 2.24) is 19.1 Å². The van der Waals surface area contributed by atoms with E-state index in [4.69, 9.17) is 6.57 Å². The Hall–Kier alpha value is -5.60. The molecule has 14 heteroatoms. The Labute approximate surface area is 206 Å². The lowest BCUT2D eigenvalue weighted by Gasteiger charge is -2.14. The van der Waals surface area contributed by atoms with Crippen molar-refractivity contribution in [2.75, 3.05) is 0 Å². The number of benzene rings is 3. The lowest BCUT2D eigenvalue weighted by atomic mass is 9.97. The third-order valence-corrected chi connectivity index (χ3v) is 6.16. The summed E-state index contributed by atoms with van der Waals surface area (Å²) in [4.78, 5) is 10.3. The quantitative estimate of drug-likeness (QED) is 0.177. The maximum Gasteiger partial charge on any atom is 0.303 e. The molecule has 2 aromatic heterocycles. The Morgan fingerprint density at radius 3 is 1.45 bits per heavy atom. The van der Waals surface area contributed by atoms with Crippen molar-refractivity contribution in [3.05, 3.63) is 57.3 Å². The van der Waals surface area contributed by atoms with Crippen molar-refractivity contribution in [3.8, 4) is 18.2 Å². The van der Waals surface area contributed by atoms with Crippen LogP contribution in [0.4, 0.5) is 26.3 Å². The normalized spacial score (nSPS) is 12.0. The van der Waals surface area contributed by atoms with Gasteiger partial charge in [0, 0.05) is 24.9 Å². The molecule has 0 radical (unpaired) electrons. The van der Waals surface area contributed by atoms with E-state index in [1.54, 1.807) is 0 Å². The Kier molecular flexibility index (Phi) is 5.05. The first-order valence-corrected chi connectivity index (χ1v) is 10.2. The number of aromatic nitrogens is 4. The summed E-state index contributed by atoms with van der Waals surface area (Å²) in [5.41, 5.74) is -5.37. The van der Waals surface area contributed by atoms with E-state index >= 15 is 26.3 Å². The largest absolute Gasteiger partial charge is 0.335 e. The molecule has 0 aliphatic carbocycles. The molecule has 38 heavy (non-hydrogen) atoms. The Bertz CT molecular complexity index is 2070. The zero-order valence-corrected chi connectivity index (χ0v) is 18.8. The number of nitriles is 3. The van der Waals surface area contributed by atoms with Gasteiger partial charge in [-0.25, -0.2) is 46.4 Å². The SMILES string of the molecule is [C-]#[N+]/C(C#N)=c1\nc2c(F)c(F)c3c4c(F)c(F)c5nc(=C(C#N)C#N)n(C)c5c4c(F)c(F)c3c2n1C. The standard InChI is InChI=1S/C24H6F6N8/c1-34-8(6-33)24-36-20-18(30)14(26)10-9-11(15(27)16(28)12(10)22(20)38(24)3)21-19(17(29)13(9)25)35-23(37(21)2)7(4-31)5-32/h2-3H3/b24-8+. The van der Waals surface area contributed by atoms with Crippen LogP contribution in [0.5, 0.6) is 0 Å². The number of nitrogens with zero attached hydrogens (tertiary/aromatic N) is 8. The molecule has 0 fully saturated rings. The van der Waals surface area contributed by atoms with Gasteiger partial charge in [0.2, 0.25) is 0 Å². The number of aryl methyl sites for hydroxylation is 2. The second-order valence-electron chi connectivity index (χ2n) is 7.94. The van der Waals surface area contributed by atoms with Crippen molar-refractivity contribution in [2.24, 2.45) is 14.1 Å². The molecule has 8 nitrogen and oxygen atoms in total. The number of rotatable bonds is 0. The zero-order chi connectivity index (χ0) is 27.8. The summed E-state index contributed by atoms with van der Waals surface area (Å²) >= 11 is 0. The van der Waals surface area contributed by atoms with Crippen LogP contribution < -0.4 is 11.0 Å². The lowest BCUT2D eigenvalue weighted by Crippen LogP contribution is -2.18. The predicted molar refractivity (Wildman–Crippen MR) is 119 cm³/mol. The van der Waals surface area contributed by atoms with Crippen LogP contribution in [0.25, 0.3) is 59.7 Å². The van der Waals surface area contributed by atoms with Crippen LogP contribution in [-0.4, -0.2) is 19.1 Å². The number of hydrogen-bond donors (Lipinski definition) is 0. The first kappa shape index (κ1) is 24.1. The number of imidazole rings is 2. The summed E-state index contributed by atoms with van der Waals surface area (Å²) < 4.78 is 94.5. The summed E-state index contributed by atoms with van der Waals surface area (Å²) in [6, 6.07) is 4.49. The van der Waals surface area contributed by atoms with Gasteiger partial charge in [-0.15, -0.1) is 0 Å². The van der Waals surface area contributed by atoms with Gasteiger partial charge in [0.1, 0.15) is 28.7 Å². The summed E-state index contributed by atoms with van der Waals surface area (Å²) in [5.74, 6) is -10.9. The van der Waals surface area contributed by atoms with Crippen LogP contribution in [0.3, 0.4) is 0 Å². The maximum atomic E-state index is 15.7. The van der Waals surface area contributed by atoms with E-state index < -0.39 is 101 Å². The van der Waals surface area contributed by atoms with E-state index in [0.717, 1.165) is 23.2 Å². The first-order chi connectivity index (χ1) is 18.0. The smallest absolute Gasteiger partial charge is 0.303 e. The van der Waals surface area contributed by atoms with Crippen LogP contribution in [0.15, 0.2) is 0 Å². The fourth-order valence-electron chi connectivity index (χ4n) is 4.56. The highest BCUT2D eigenvalue weighted by Gasteiger charge is 2.32. The summed E-state index contributed by atoms with van der Waals surface area (Å²) in [5, 5.41) is 23.1. The molecular weight excluding hydrogens is 514 g/mol. The molecule has 5 rings (SSSR count). The van der Waals surface area contributed by atoms with Gasteiger partial charge in [-0.05, 0) is 0 Å². The molecule has 0 aliphatic rings. The molecule has 0 saturated carbocycles. The van der Waals surface area contributed by atoms with E-state index in [0.29, 0.717) is 0 Å². The Morgan fingerprint density at radius 2 is 1.05 bits per heavy atom. The van der Waals surface area contributed by atoms with Crippen molar-refractivity contribution in [3.63, 3.8) is 0 Å². The van der Waals surface area contributed by atoms with Crippen molar-refractivity contribution >= 4 is 54.9 Å². The highest BCUT2D eigenvalue weighted by atomic mass is 19.2. The molecular formula is C24H6F6N8. The average molecular weight is 520 g/mol. The van der Waals surface area contributed by atoms with Gasteiger partial charge in [0.25, 0.3) is 0 Å². The van der Waals surface area contributed by atoms with Gasteiger partial charge in [0.05, 0.1) is 34.4 Å². The van der Waals surface area contributed by atoms with Gasteiger partial charge >= 0.3 is 5.70 Å². The highest BCUT2D eigenvalue weighted by molar-refractivity contribution is 6.21. The van der Waals surface area contributed by atoms with E-state index in [1.165, 1.54) is 18.2 Å². The molecule has 0 bridgehead atoms. The second kappa shape index (κ2) is 7.95. The van der Waals surface area contributed by atoms with Crippen molar-refractivity contribution in [2.45, 2.75) is 0 Å². The second-order valence-corrected chi connectivity index (χ2v) is 7.94. The topological polar surface area (TPSA) is 111 Å². The molecule has 3 aromatic carbocycles. The maximum absolute atomic E-state index is 15.7. The zero-order valence-electron chi connectivity index (χ0n) is 18.8. The average Bonchev–Trinajstić information content (AvgIpc) is 3.42. The van der Waals surface area contributed by atoms with Gasteiger partial charge in [-0.3, -0.25) is 0 Å². The summed E-state index contributed by atoms with van der Waals surface area (Å²) in [6.07, 6.45) is 0. The molecule has 0 unspecified atom stereocenters. The van der Waals surface area contributed by atoms with E-state index in [-0.39, 0.29) is 0 Å². The third kappa shape index (κ3) is 2.71. The fourth-order valence-corrected chi connectivity index (χ4v) is 4.56. The first-order valence-electron chi connectivity index (χ1n) is 10.2. The lowest BCUT2D eigenvalue weighted by molar-refractivity contribution is 0.510. The molecule has 0 N–H and O–H groups in total. The van der Waals surface area contributed by atoms with Crippen LogP contribution in [0.2, 0.25) is 0 Å². The number of hydrogen-bond acceptors (Lipinski definition) is 5. The van der Waals surface area contributed by atoms with Crippen LogP contribution in [0.1, 0.15) is 0 Å². The van der Waals surface area contributed by atoms with Gasteiger partial charge in [0.15, 0.2) is 46.0 Å². The fraction of sp³-hybridized carbons (Fsp3) is 0.0833. The van der Waals surface area contributed by atoms with E-state index in [9.17, 15) is 15.8 Å². The Balaban J connectivity index is 2.24. The Morgan fingerprint density at radius 1 is 0.658 bits per heavy atom. The van der Waals surface area contributed by atoms with E-state index in [2.05, 4.69) is 14.8 Å². The van der Waals surface area contributed by atoms with Crippen molar-refractivity contribution in [1.29, 1.82) is 15.8 Å². The minimum absolute atomic E-state index is 0.502. The highest BCUT2D eigenvalue weighted by Crippen LogP contribution is 2.42. The molecule has 0 spiro atoms. The molecule has 0 amide bonds. The minimum atomic E-state index is -1.90. The predicted octanol–water partition coefficient (Wildman–Crippen LogP) is 3.35. The van der Waals surface area contributed by atoms with Gasteiger partial charge < -0.3 is 9.13 Å². The van der Waals surface area contributed by atoms with Crippen molar-refractivity contribution < 1.29 is 26.3 Å². The van der Waals surface area contributed by atoms with Gasteiger partial charge in [-0.2, -0.15) is 10.5 Å². The number of halogens is 6. The molecule has 5 aromatic rings. The molecule has 0 atom stereocenters. The van der Waals surface area contributed by atoms with Crippen LogP contribution >= 0.6 is 0 Å². The monoisotopic (exact) mass is 520 g/mol.